The molecule has 0 unspecified atom stereocenters. The van der Waals surface area contributed by atoms with E-state index >= 15 is 0 Å². The molecule has 7 nitrogen and oxygen atoms in total. The summed E-state index contributed by atoms with van der Waals surface area (Å²) >= 11 is 1.27. The highest BCUT2D eigenvalue weighted by molar-refractivity contribution is 7.15. The van der Waals surface area contributed by atoms with Crippen LogP contribution >= 0.6 is 11.3 Å². The van der Waals surface area contributed by atoms with Crippen LogP contribution in [0, 0.1) is 5.92 Å². The van der Waals surface area contributed by atoms with Crippen LogP contribution in [0.1, 0.15) is 63.7 Å². The van der Waals surface area contributed by atoms with Gasteiger partial charge in [-0.3, -0.25) is 14.4 Å². The van der Waals surface area contributed by atoms with E-state index in [9.17, 15) is 19.2 Å². The average molecular weight is 483 g/mol. The molecular formula is C26H30N2O5S. The molecule has 8 heteroatoms. The molecule has 2 aromatic rings. The number of nitrogens with one attached hydrogen (secondary N) is 1. The molecule has 180 valence electrons. The maximum Gasteiger partial charge on any atom is 0.342 e. The Balaban J connectivity index is 1.56. The van der Waals surface area contributed by atoms with E-state index in [1.807, 2.05) is 63.4 Å². The van der Waals surface area contributed by atoms with Crippen LogP contribution in [0.5, 0.6) is 0 Å². The normalized spacial score (nSPS) is 18.9. The van der Waals surface area contributed by atoms with Crippen LogP contribution in [0.25, 0.3) is 11.1 Å². The SMILES string of the molecule is CC1(C)CC(=O)CC(C)(C)N1C(=O)COC(=O)c1c(-c2ccccc2)csc1NC(=O)C1CC1. The average Bonchev–Trinajstić information content (AvgIpc) is 3.51. The Bertz CT molecular complexity index is 1110. The van der Waals surface area contributed by atoms with Crippen LogP contribution < -0.4 is 5.32 Å². The number of benzene rings is 1. The van der Waals surface area contributed by atoms with E-state index in [2.05, 4.69) is 5.32 Å². The fourth-order valence-electron chi connectivity index (χ4n) is 4.99. The molecular weight excluding hydrogens is 452 g/mol. The number of ether oxygens (including phenoxy) is 1. The Morgan fingerprint density at radius 1 is 1.06 bits per heavy atom. The Kier molecular flexibility index (Phi) is 6.38. The van der Waals surface area contributed by atoms with E-state index in [0.29, 0.717) is 10.6 Å². The highest BCUT2D eigenvalue weighted by atomic mass is 32.1. The van der Waals surface area contributed by atoms with Gasteiger partial charge in [-0.15, -0.1) is 11.3 Å². The second-order valence-electron chi connectivity index (χ2n) is 10.3. The summed E-state index contributed by atoms with van der Waals surface area (Å²) in [5.74, 6) is -1.02. The molecule has 0 atom stereocenters. The Hall–Kier alpha value is -3.00. The van der Waals surface area contributed by atoms with Gasteiger partial charge in [-0.2, -0.15) is 0 Å². The first kappa shape index (κ1) is 24.1. The molecule has 1 saturated carbocycles. The molecule has 0 spiro atoms. The highest BCUT2D eigenvalue weighted by Gasteiger charge is 2.47. The fraction of sp³-hybridized carbons (Fsp3) is 0.462. The molecule has 1 aliphatic heterocycles. The van der Waals surface area contributed by atoms with Gasteiger partial charge in [0.2, 0.25) is 5.91 Å². The number of likely N-dealkylation sites (tertiary alicyclic amines) is 1. The highest BCUT2D eigenvalue weighted by Crippen LogP contribution is 2.39. The van der Waals surface area contributed by atoms with Crippen LogP contribution in [-0.4, -0.2) is 46.2 Å². The Morgan fingerprint density at radius 2 is 1.68 bits per heavy atom. The first-order valence-corrected chi connectivity index (χ1v) is 12.4. The predicted molar refractivity (Wildman–Crippen MR) is 131 cm³/mol. The molecule has 2 amide bonds. The lowest BCUT2D eigenvalue weighted by Gasteiger charge is -2.51. The molecule has 4 rings (SSSR count). The summed E-state index contributed by atoms with van der Waals surface area (Å²) in [5, 5.41) is 5.12. The number of Topliss-reactive ketones (excluding diaryl/α,β-unsaturated/α-hetero) is 1. The number of esters is 1. The summed E-state index contributed by atoms with van der Waals surface area (Å²) in [6, 6.07) is 9.39. The minimum absolute atomic E-state index is 0.0148. The van der Waals surface area contributed by atoms with Gasteiger partial charge in [0.05, 0.1) is 0 Å². The summed E-state index contributed by atoms with van der Waals surface area (Å²) in [7, 11) is 0. The number of piperidine rings is 1. The molecule has 0 bridgehead atoms. The molecule has 2 aliphatic rings. The summed E-state index contributed by atoms with van der Waals surface area (Å²) in [5.41, 5.74) is 0.372. The Morgan fingerprint density at radius 3 is 2.26 bits per heavy atom. The van der Waals surface area contributed by atoms with Crippen molar-refractivity contribution in [1.29, 1.82) is 0 Å². The molecule has 2 heterocycles. The zero-order chi connectivity index (χ0) is 24.7. The maximum atomic E-state index is 13.3. The van der Waals surface area contributed by atoms with Crippen LogP contribution in [0.2, 0.25) is 0 Å². The first-order chi connectivity index (χ1) is 16.0. The number of rotatable bonds is 6. The lowest BCUT2D eigenvalue weighted by Crippen LogP contribution is -2.63. The number of ketones is 1. The monoisotopic (exact) mass is 482 g/mol. The third-order valence-electron chi connectivity index (χ3n) is 6.31. The van der Waals surface area contributed by atoms with Crippen molar-refractivity contribution in [3.63, 3.8) is 0 Å². The molecule has 1 aromatic carbocycles. The van der Waals surface area contributed by atoms with Crippen molar-refractivity contribution >= 4 is 39.9 Å². The van der Waals surface area contributed by atoms with Gasteiger partial charge in [-0.25, -0.2) is 4.79 Å². The van der Waals surface area contributed by atoms with E-state index in [1.54, 1.807) is 4.90 Å². The van der Waals surface area contributed by atoms with Crippen molar-refractivity contribution in [1.82, 2.24) is 4.90 Å². The van der Waals surface area contributed by atoms with Crippen molar-refractivity contribution < 1.29 is 23.9 Å². The first-order valence-electron chi connectivity index (χ1n) is 11.5. The standard InChI is InChI=1S/C26H30N2O5S/c1-25(2)12-18(29)13-26(3,4)28(25)20(30)14-33-24(32)21-19(16-8-6-5-7-9-16)15-34-23(21)27-22(31)17-10-11-17/h5-9,15,17H,10-14H2,1-4H3,(H,27,31). The van der Waals surface area contributed by atoms with Gasteiger partial charge in [0, 0.05) is 40.8 Å². The molecule has 2 fully saturated rings. The van der Waals surface area contributed by atoms with E-state index < -0.39 is 23.7 Å². The third-order valence-corrected chi connectivity index (χ3v) is 7.21. The largest absolute Gasteiger partial charge is 0.452 e. The molecule has 34 heavy (non-hydrogen) atoms. The van der Waals surface area contributed by atoms with Crippen molar-refractivity contribution in [2.24, 2.45) is 5.92 Å². The smallest absolute Gasteiger partial charge is 0.342 e. The zero-order valence-electron chi connectivity index (χ0n) is 20.0. The zero-order valence-corrected chi connectivity index (χ0v) is 20.8. The minimum Gasteiger partial charge on any atom is -0.452 e. The lowest BCUT2D eigenvalue weighted by molar-refractivity contribution is -0.156. The van der Waals surface area contributed by atoms with E-state index in [-0.39, 0.29) is 41.9 Å². The van der Waals surface area contributed by atoms with Crippen LogP contribution in [-0.2, 0) is 19.1 Å². The van der Waals surface area contributed by atoms with E-state index in [0.717, 1.165) is 18.4 Å². The third kappa shape index (κ3) is 4.92. The van der Waals surface area contributed by atoms with Gasteiger partial charge in [0.25, 0.3) is 5.91 Å². The number of hydrogen-bond acceptors (Lipinski definition) is 6. The van der Waals surface area contributed by atoms with E-state index in [4.69, 9.17) is 4.74 Å². The van der Waals surface area contributed by atoms with Gasteiger partial charge in [0.1, 0.15) is 16.3 Å². The molecule has 1 saturated heterocycles. The minimum atomic E-state index is -0.677. The number of amides is 2. The molecule has 1 aliphatic carbocycles. The number of anilines is 1. The summed E-state index contributed by atoms with van der Waals surface area (Å²) in [6.45, 7) is 6.96. The Labute approximate surface area is 203 Å². The maximum absolute atomic E-state index is 13.3. The number of carbonyl (C=O) groups excluding carboxylic acids is 4. The van der Waals surface area contributed by atoms with Gasteiger partial charge in [-0.05, 0) is 46.1 Å². The molecule has 1 aromatic heterocycles. The summed E-state index contributed by atoms with van der Waals surface area (Å²) in [6.07, 6.45) is 2.22. The van der Waals surface area contributed by atoms with Crippen LogP contribution in [0.15, 0.2) is 35.7 Å². The van der Waals surface area contributed by atoms with Crippen molar-refractivity contribution in [3.8, 4) is 11.1 Å². The predicted octanol–water partition coefficient (Wildman–Crippen LogP) is 4.67. The lowest BCUT2D eigenvalue weighted by atomic mass is 9.79. The quantitative estimate of drug-likeness (QED) is 0.604. The summed E-state index contributed by atoms with van der Waals surface area (Å²) < 4.78 is 5.52. The molecule has 0 radical (unpaired) electrons. The van der Waals surface area contributed by atoms with E-state index in [1.165, 1.54) is 11.3 Å². The topological polar surface area (TPSA) is 92.8 Å². The van der Waals surface area contributed by atoms with Crippen LogP contribution in [0.4, 0.5) is 5.00 Å². The van der Waals surface area contributed by atoms with Crippen molar-refractivity contribution in [2.45, 2.75) is 64.5 Å². The molecule has 1 N–H and O–H groups in total. The van der Waals surface area contributed by atoms with Gasteiger partial charge in [-0.1, -0.05) is 30.3 Å². The fourth-order valence-corrected chi connectivity index (χ4v) is 5.95. The van der Waals surface area contributed by atoms with Gasteiger partial charge < -0.3 is 15.0 Å². The number of nitrogens with zero attached hydrogens (tertiary/aromatic N) is 1. The van der Waals surface area contributed by atoms with Crippen molar-refractivity contribution in [2.75, 3.05) is 11.9 Å². The number of carbonyl (C=O) groups is 4. The van der Waals surface area contributed by atoms with Gasteiger partial charge >= 0.3 is 5.97 Å². The number of thiophene rings is 1. The second kappa shape index (κ2) is 8.98. The summed E-state index contributed by atoms with van der Waals surface area (Å²) in [4.78, 5) is 52.7. The van der Waals surface area contributed by atoms with Gasteiger partial charge in [0.15, 0.2) is 6.61 Å². The second-order valence-corrected chi connectivity index (χ2v) is 11.2. The number of hydrogen-bond donors (Lipinski definition) is 1. The van der Waals surface area contributed by atoms with Crippen LogP contribution in [0.3, 0.4) is 0 Å². The van der Waals surface area contributed by atoms with Crippen molar-refractivity contribution in [3.05, 3.63) is 41.3 Å².